The Bertz CT molecular complexity index is 863. The van der Waals surface area contributed by atoms with Crippen LogP contribution in [0.1, 0.15) is 59.2 Å². The minimum atomic E-state index is -1.07. The number of carbonyl (C=O) groups is 5. The fraction of sp³-hybridized carbons (Fsp3) is 0.450. The molecule has 2 atom stereocenters. The second kappa shape index (κ2) is 6.72. The van der Waals surface area contributed by atoms with E-state index in [2.05, 4.69) is 5.32 Å². The average molecular weight is 369 g/mol. The van der Waals surface area contributed by atoms with Crippen LogP contribution in [0.15, 0.2) is 18.2 Å². The molecule has 7 nitrogen and oxygen atoms in total. The van der Waals surface area contributed by atoms with Gasteiger partial charge < -0.3 is 4.74 Å². The molecule has 2 amide bonds. The first-order chi connectivity index (χ1) is 12.9. The summed E-state index contributed by atoms with van der Waals surface area (Å²) in [5, 5.41) is 2.21. The third kappa shape index (κ3) is 3.18. The molecule has 2 aliphatic carbocycles. The molecule has 27 heavy (non-hydrogen) atoms. The first-order valence-electron chi connectivity index (χ1n) is 9.18. The van der Waals surface area contributed by atoms with Crippen LogP contribution in [0.2, 0.25) is 0 Å². The summed E-state index contributed by atoms with van der Waals surface area (Å²) in [5.74, 6) is -2.88. The molecule has 1 saturated heterocycles. The topological polar surface area (TPSA) is 107 Å². The molecular weight excluding hydrogens is 350 g/mol. The van der Waals surface area contributed by atoms with Crippen LogP contribution in [-0.4, -0.2) is 35.3 Å². The lowest BCUT2D eigenvalue weighted by Gasteiger charge is -2.24. The summed E-state index contributed by atoms with van der Waals surface area (Å²) in [4.78, 5) is 60.3. The Morgan fingerprint density at radius 2 is 1.56 bits per heavy atom. The summed E-state index contributed by atoms with van der Waals surface area (Å²) in [5.41, 5.74) is 0.556. The van der Waals surface area contributed by atoms with Crippen molar-refractivity contribution in [1.29, 1.82) is 0 Å². The van der Waals surface area contributed by atoms with Crippen molar-refractivity contribution in [3.63, 3.8) is 0 Å². The molecule has 1 N–H and O–H groups in total. The van der Waals surface area contributed by atoms with Crippen LogP contribution in [0.3, 0.4) is 0 Å². The van der Waals surface area contributed by atoms with Crippen molar-refractivity contribution in [3.05, 3.63) is 29.3 Å². The zero-order valence-corrected chi connectivity index (χ0v) is 14.7. The molecule has 4 rings (SSSR count). The van der Waals surface area contributed by atoms with E-state index in [1.54, 1.807) is 18.2 Å². The molecule has 0 spiro atoms. The van der Waals surface area contributed by atoms with Gasteiger partial charge in [0.05, 0.1) is 17.9 Å². The maximum Gasteiger partial charge on any atom is 0.230 e. The summed E-state index contributed by atoms with van der Waals surface area (Å²) in [6.45, 7) is 0. The average Bonchev–Trinajstić information content (AvgIpc) is 2.88. The first-order valence-corrected chi connectivity index (χ1v) is 9.18. The van der Waals surface area contributed by atoms with E-state index in [1.165, 1.54) is 0 Å². The Hall–Kier alpha value is -2.83. The predicted octanol–water partition coefficient (Wildman–Crippen LogP) is 1.63. The molecular formula is C20H19NO6. The van der Waals surface area contributed by atoms with Gasteiger partial charge in [-0.2, -0.15) is 0 Å². The largest absolute Gasteiger partial charge is 0.490 e. The van der Waals surface area contributed by atoms with Crippen LogP contribution in [-0.2, 0) is 14.4 Å². The third-order valence-corrected chi connectivity index (χ3v) is 5.56. The van der Waals surface area contributed by atoms with E-state index in [-0.39, 0.29) is 42.0 Å². The Balaban J connectivity index is 1.54. The molecule has 1 heterocycles. The van der Waals surface area contributed by atoms with Crippen LogP contribution in [0, 0.1) is 11.8 Å². The van der Waals surface area contributed by atoms with Crippen molar-refractivity contribution in [2.45, 2.75) is 44.6 Å². The van der Waals surface area contributed by atoms with E-state index in [0.717, 1.165) is 0 Å². The van der Waals surface area contributed by atoms with Crippen LogP contribution in [0.4, 0.5) is 0 Å². The standard InChI is InChI=1S/C20H19NO6/c22-10-1-3-11(4-2-10)27-12-5-6-13-15(9-12)19(25)17(18(13)24)14-7-8-16(23)21-20(14)26/h5-6,9,11,14,17H,1-4,7-8H2,(H,21,23,26). The summed E-state index contributed by atoms with van der Waals surface area (Å²) in [6, 6.07) is 4.76. The molecule has 1 aliphatic heterocycles. The normalized spacial score (nSPS) is 26.1. The van der Waals surface area contributed by atoms with E-state index in [4.69, 9.17) is 4.74 Å². The monoisotopic (exact) mass is 369 g/mol. The highest BCUT2D eigenvalue weighted by molar-refractivity contribution is 6.28. The Kier molecular flexibility index (Phi) is 4.37. The number of rotatable bonds is 3. The van der Waals surface area contributed by atoms with Gasteiger partial charge in [-0.1, -0.05) is 0 Å². The zero-order chi connectivity index (χ0) is 19.1. The van der Waals surface area contributed by atoms with Gasteiger partial charge in [0.2, 0.25) is 11.8 Å². The van der Waals surface area contributed by atoms with Crippen molar-refractivity contribution in [3.8, 4) is 5.75 Å². The molecule has 1 saturated carbocycles. The van der Waals surface area contributed by atoms with E-state index in [9.17, 15) is 24.0 Å². The number of nitrogens with one attached hydrogen (secondary N) is 1. The number of hydrogen-bond acceptors (Lipinski definition) is 6. The van der Waals surface area contributed by atoms with E-state index in [1.807, 2.05) is 0 Å². The summed E-state index contributed by atoms with van der Waals surface area (Å²) < 4.78 is 5.89. The van der Waals surface area contributed by atoms with Crippen molar-refractivity contribution in [2.75, 3.05) is 0 Å². The lowest BCUT2D eigenvalue weighted by Crippen LogP contribution is -2.46. The fourth-order valence-electron chi connectivity index (χ4n) is 4.09. The maximum absolute atomic E-state index is 12.8. The number of carbonyl (C=O) groups excluding carboxylic acids is 5. The SMILES string of the molecule is O=C1CCC(Oc2ccc3c(c2)C(=O)C(C2CCC(=O)NC2=O)C3=O)CC1. The molecule has 0 radical (unpaired) electrons. The number of ether oxygens (including phenoxy) is 1. The van der Waals surface area contributed by atoms with Gasteiger partial charge in [-0.3, -0.25) is 29.3 Å². The van der Waals surface area contributed by atoms with Crippen molar-refractivity contribution < 1.29 is 28.7 Å². The number of amides is 2. The predicted molar refractivity (Wildman–Crippen MR) is 92.4 cm³/mol. The Morgan fingerprint density at radius 1 is 0.852 bits per heavy atom. The van der Waals surface area contributed by atoms with Gasteiger partial charge >= 0.3 is 0 Å². The van der Waals surface area contributed by atoms with Gasteiger partial charge in [-0.25, -0.2) is 0 Å². The molecule has 140 valence electrons. The number of imide groups is 1. The van der Waals surface area contributed by atoms with Crippen molar-refractivity contribution in [2.24, 2.45) is 11.8 Å². The smallest absolute Gasteiger partial charge is 0.230 e. The van der Waals surface area contributed by atoms with Gasteiger partial charge in [0.15, 0.2) is 11.6 Å². The second-order valence-corrected chi connectivity index (χ2v) is 7.33. The number of piperidine rings is 1. The highest BCUT2D eigenvalue weighted by Gasteiger charge is 2.47. The van der Waals surface area contributed by atoms with Gasteiger partial charge in [0, 0.05) is 30.4 Å². The highest BCUT2D eigenvalue weighted by Crippen LogP contribution is 2.37. The molecule has 1 aromatic rings. The quantitative estimate of drug-likeness (QED) is 0.641. The summed E-state index contributed by atoms with van der Waals surface area (Å²) >= 11 is 0. The van der Waals surface area contributed by atoms with Crippen LogP contribution >= 0.6 is 0 Å². The number of benzene rings is 1. The lowest BCUT2D eigenvalue weighted by atomic mass is 9.82. The lowest BCUT2D eigenvalue weighted by molar-refractivity contribution is -0.137. The van der Waals surface area contributed by atoms with Gasteiger partial charge in [0.25, 0.3) is 0 Å². The van der Waals surface area contributed by atoms with Crippen molar-refractivity contribution >= 4 is 29.2 Å². The molecule has 2 fully saturated rings. The molecule has 0 bridgehead atoms. The fourth-order valence-corrected chi connectivity index (χ4v) is 4.09. The third-order valence-electron chi connectivity index (χ3n) is 5.56. The van der Waals surface area contributed by atoms with Gasteiger partial charge in [0.1, 0.15) is 11.5 Å². The number of ketones is 3. The molecule has 2 unspecified atom stereocenters. The molecule has 1 aromatic carbocycles. The van der Waals surface area contributed by atoms with Gasteiger partial charge in [-0.05, 0) is 37.5 Å². The zero-order valence-electron chi connectivity index (χ0n) is 14.7. The van der Waals surface area contributed by atoms with E-state index >= 15 is 0 Å². The minimum absolute atomic E-state index is 0.0844. The molecule has 3 aliphatic rings. The maximum atomic E-state index is 12.8. The molecule has 7 heteroatoms. The first kappa shape index (κ1) is 17.6. The highest BCUT2D eigenvalue weighted by atomic mass is 16.5. The van der Waals surface area contributed by atoms with Crippen LogP contribution in [0.5, 0.6) is 5.75 Å². The Morgan fingerprint density at radius 3 is 2.26 bits per heavy atom. The number of fused-ring (bicyclic) bond motifs is 1. The summed E-state index contributed by atoms with van der Waals surface area (Å²) in [7, 11) is 0. The summed E-state index contributed by atoms with van der Waals surface area (Å²) in [6.07, 6.45) is 2.50. The van der Waals surface area contributed by atoms with E-state index < -0.39 is 23.5 Å². The minimum Gasteiger partial charge on any atom is -0.490 e. The Labute approximate surface area is 155 Å². The van der Waals surface area contributed by atoms with Crippen LogP contribution < -0.4 is 10.1 Å². The van der Waals surface area contributed by atoms with Crippen molar-refractivity contribution in [1.82, 2.24) is 5.32 Å². The molecule has 0 aromatic heterocycles. The second-order valence-electron chi connectivity index (χ2n) is 7.33. The van der Waals surface area contributed by atoms with E-state index in [0.29, 0.717) is 37.0 Å². The van der Waals surface area contributed by atoms with Crippen LogP contribution in [0.25, 0.3) is 0 Å². The number of hydrogen-bond donors (Lipinski definition) is 1. The van der Waals surface area contributed by atoms with Gasteiger partial charge in [-0.15, -0.1) is 0 Å². The number of Topliss-reactive ketones (excluding diaryl/α,β-unsaturated/α-hetero) is 3.